The summed E-state index contributed by atoms with van der Waals surface area (Å²) in [5.41, 5.74) is 7.30. The minimum atomic E-state index is -0.492. The van der Waals surface area contributed by atoms with E-state index in [1.54, 1.807) is 30.3 Å². The van der Waals surface area contributed by atoms with E-state index < -0.39 is 5.91 Å². The number of amides is 2. The third-order valence-corrected chi connectivity index (χ3v) is 6.05. The average molecular weight is 435 g/mol. The van der Waals surface area contributed by atoms with Crippen LogP contribution in [0.5, 0.6) is 0 Å². The second kappa shape index (κ2) is 9.59. The van der Waals surface area contributed by atoms with E-state index in [0.717, 1.165) is 38.3 Å². The first-order chi connectivity index (χ1) is 13.8. The number of benzene rings is 2. The summed E-state index contributed by atoms with van der Waals surface area (Å²) in [6, 6.07) is 12.0. The summed E-state index contributed by atoms with van der Waals surface area (Å²) in [4.78, 5) is 28.2. The Morgan fingerprint density at radius 3 is 2.34 bits per heavy atom. The Balaban J connectivity index is 1.51. The molecule has 1 unspecified atom stereocenters. The van der Waals surface area contributed by atoms with Gasteiger partial charge in [-0.05, 0) is 42.8 Å². The summed E-state index contributed by atoms with van der Waals surface area (Å²) in [5, 5.41) is 4.06. The molecule has 0 radical (unpaired) electrons. The van der Waals surface area contributed by atoms with Gasteiger partial charge in [0.2, 0.25) is 11.8 Å². The molecule has 0 aliphatic carbocycles. The van der Waals surface area contributed by atoms with Crippen molar-refractivity contribution in [2.45, 2.75) is 19.5 Å². The fourth-order valence-corrected chi connectivity index (χ4v) is 3.73. The maximum atomic E-state index is 12.6. The lowest BCUT2D eigenvalue weighted by Crippen LogP contribution is -2.52. The molecule has 1 heterocycles. The molecular formula is C21H24Cl2N4O2. The van der Waals surface area contributed by atoms with Crippen molar-refractivity contribution in [2.75, 3.05) is 31.5 Å². The van der Waals surface area contributed by atoms with Crippen LogP contribution in [-0.4, -0.2) is 53.8 Å². The van der Waals surface area contributed by atoms with Gasteiger partial charge in [0.15, 0.2) is 0 Å². The Labute approximate surface area is 180 Å². The molecule has 0 bridgehead atoms. The number of nitrogens with one attached hydrogen (secondary N) is 1. The molecule has 1 atom stereocenters. The highest BCUT2D eigenvalue weighted by molar-refractivity contribution is 6.42. The van der Waals surface area contributed by atoms with Gasteiger partial charge in [-0.15, -0.1) is 0 Å². The van der Waals surface area contributed by atoms with Gasteiger partial charge >= 0.3 is 0 Å². The average Bonchev–Trinajstić information content (AvgIpc) is 2.72. The molecule has 2 amide bonds. The number of primary amides is 1. The monoisotopic (exact) mass is 434 g/mol. The fourth-order valence-electron chi connectivity index (χ4n) is 3.35. The Morgan fingerprint density at radius 1 is 1.07 bits per heavy atom. The van der Waals surface area contributed by atoms with Crippen LogP contribution in [0.3, 0.4) is 0 Å². The van der Waals surface area contributed by atoms with Gasteiger partial charge in [-0.3, -0.25) is 19.4 Å². The molecule has 29 heavy (non-hydrogen) atoms. The van der Waals surface area contributed by atoms with Crippen LogP contribution < -0.4 is 11.1 Å². The zero-order valence-corrected chi connectivity index (χ0v) is 17.7. The van der Waals surface area contributed by atoms with Crippen molar-refractivity contribution in [1.82, 2.24) is 9.80 Å². The highest BCUT2D eigenvalue weighted by Gasteiger charge is 2.26. The normalized spacial score (nSPS) is 16.4. The molecule has 0 saturated carbocycles. The van der Waals surface area contributed by atoms with Crippen LogP contribution >= 0.6 is 23.2 Å². The van der Waals surface area contributed by atoms with E-state index in [4.69, 9.17) is 28.9 Å². The van der Waals surface area contributed by atoms with E-state index in [0.29, 0.717) is 21.3 Å². The van der Waals surface area contributed by atoms with Gasteiger partial charge in [0.05, 0.1) is 16.1 Å². The molecule has 1 aliphatic rings. The van der Waals surface area contributed by atoms with Gasteiger partial charge in [0, 0.05) is 44.0 Å². The number of carbonyl (C=O) groups is 2. The molecule has 1 aliphatic heterocycles. The van der Waals surface area contributed by atoms with Crippen molar-refractivity contribution in [3.8, 4) is 0 Å². The van der Waals surface area contributed by atoms with Crippen molar-refractivity contribution < 1.29 is 9.59 Å². The minimum absolute atomic E-state index is 0.0804. The molecule has 2 aromatic rings. The quantitative estimate of drug-likeness (QED) is 0.731. The molecule has 1 saturated heterocycles. The predicted molar refractivity (Wildman–Crippen MR) is 116 cm³/mol. The number of piperazine rings is 1. The summed E-state index contributed by atoms with van der Waals surface area (Å²) < 4.78 is 0. The lowest BCUT2D eigenvalue weighted by atomic mass is 10.1. The molecule has 3 rings (SSSR count). The highest BCUT2D eigenvalue weighted by Crippen LogP contribution is 2.26. The van der Waals surface area contributed by atoms with E-state index in [9.17, 15) is 9.59 Å². The Bertz CT molecular complexity index is 881. The van der Waals surface area contributed by atoms with Gasteiger partial charge in [-0.2, -0.15) is 0 Å². The van der Waals surface area contributed by atoms with E-state index in [1.807, 2.05) is 19.1 Å². The predicted octanol–water partition coefficient (Wildman–Crippen LogP) is 3.24. The molecule has 0 spiro atoms. The summed E-state index contributed by atoms with van der Waals surface area (Å²) in [6.07, 6.45) is 0. The largest absolute Gasteiger partial charge is 0.366 e. The van der Waals surface area contributed by atoms with Crippen molar-refractivity contribution in [1.29, 1.82) is 0 Å². The molecule has 8 heteroatoms. The lowest BCUT2D eigenvalue weighted by molar-refractivity contribution is -0.121. The molecular weight excluding hydrogens is 411 g/mol. The first-order valence-electron chi connectivity index (χ1n) is 9.45. The fraction of sp³-hybridized carbons (Fsp3) is 0.333. The van der Waals surface area contributed by atoms with Crippen LogP contribution in [0.25, 0.3) is 0 Å². The van der Waals surface area contributed by atoms with Crippen molar-refractivity contribution in [3.63, 3.8) is 0 Å². The summed E-state index contributed by atoms with van der Waals surface area (Å²) >= 11 is 12.4. The van der Waals surface area contributed by atoms with Crippen LogP contribution in [0.4, 0.5) is 5.69 Å². The second-order valence-corrected chi connectivity index (χ2v) is 7.92. The smallest absolute Gasteiger partial charge is 0.248 e. The number of halogens is 2. The summed E-state index contributed by atoms with van der Waals surface area (Å²) in [6.45, 7) is 5.89. The maximum Gasteiger partial charge on any atom is 0.248 e. The summed E-state index contributed by atoms with van der Waals surface area (Å²) in [7, 11) is 0. The zero-order valence-electron chi connectivity index (χ0n) is 16.2. The number of anilines is 1. The third-order valence-electron chi connectivity index (χ3n) is 5.20. The van der Waals surface area contributed by atoms with Crippen LogP contribution in [-0.2, 0) is 11.3 Å². The maximum absolute atomic E-state index is 12.6. The number of hydrogen-bond donors (Lipinski definition) is 2. The van der Waals surface area contributed by atoms with Gasteiger partial charge in [0.1, 0.15) is 0 Å². The number of nitrogens with two attached hydrogens (primary N) is 1. The first kappa shape index (κ1) is 21.6. The zero-order chi connectivity index (χ0) is 21.0. The van der Waals surface area contributed by atoms with Crippen LogP contribution in [0.1, 0.15) is 22.8 Å². The highest BCUT2D eigenvalue weighted by atomic mass is 35.5. The molecule has 2 aromatic carbocycles. The Kier molecular flexibility index (Phi) is 7.14. The van der Waals surface area contributed by atoms with Gasteiger partial charge in [-0.25, -0.2) is 0 Å². The Morgan fingerprint density at radius 2 is 1.72 bits per heavy atom. The SMILES string of the molecule is CC(C(=O)Nc1ccc(C(N)=O)cc1)N1CCN(Cc2cccc(Cl)c2Cl)CC1. The van der Waals surface area contributed by atoms with Gasteiger partial charge in [0.25, 0.3) is 0 Å². The third kappa shape index (κ3) is 5.48. The number of hydrogen-bond acceptors (Lipinski definition) is 4. The van der Waals surface area contributed by atoms with Crippen molar-refractivity contribution in [2.24, 2.45) is 5.73 Å². The standard InChI is InChI=1S/C21H24Cl2N4O2/c1-14(21(29)25-17-7-5-15(6-8-17)20(24)28)27-11-9-26(10-12-27)13-16-3-2-4-18(22)19(16)23/h2-8,14H,9-13H2,1H3,(H2,24,28)(H,25,29). The molecule has 0 aromatic heterocycles. The second-order valence-electron chi connectivity index (χ2n) is 7.13. The number of carbonyl (C=O) groups excluding carboxylic acids is 2. The molecule has 154 valence electrons. The van der Waals surface area contributed by atoms with Crippen molar-refractivity contribution in [3.05, 3.63) is 63.6 Å². The minimum Gasteiger partial charge on any atom is -0.366 e. The van der Waals surface area contributed by atoms with E-state index in [-0.39, 0.29) is 11.9 Å². The van der Waals surface area contributed by atoms with Crippen molar-refractivity contribution >= 4 is 40.7 Å². The molecule has 6 nitrogen and oxygen atoms in total. The van der Waals surface area contributed by atoms with E-state index >= 15 is 0 Å². The topological polar surface area (TPSA) is 78.7 Å². The van der Waals surface area contributed by atoms with Crippen LogP contribution in [0.15, 0.2) is 42.5 Å². The van der Waals surface area contributed by atoms with E-state index in [2.05, 4.69) is 15.1 Å². The number of nitrogens with zero attached hydrogens (tertiary/aromatic N) is 2. The number of rotatable bonds is 6. The van der Waals surface area contributed by atoms with Crippen LogP contribution in [0, 0.1) is 0 Å². The van der Waals surface area contributed by atoms with Gasteiger partial charge in [-0.1, -0.05) is 35.3 Å². The molecule has 1 fully saturated rings. The van der Waals surface area contributed by atoms with Gasteiger partial charge < -0.3 is 11.1 Å². The van der Waals surface area contributed by atoms with Crippen LogP contribution in [0.2, 0.25) is 10.0 Å². The van der Waals surface area contributed by atoms with E-state index in [1.165, 1.54) is 0 Å². The first-order valence-corrected chi connectivity index (χ1v) is 10.2. The lowest BCUT2D eigenvalue weighted by Gasteiger charge is -2.37. The molecule has 3 N–H and O–H groups in total. The Hall–Kier alpha value is -2.12. The summed E-state index contributed by atoms with van der Waals surface area (Å²) in [5.74, 6) is -0.573.